The Labute approximate surface area is 159 Å². The van der Waals surface area contributed by atoms with E-state index in [-0.39, 0.29) is 5.41 Å². The summed E-state index contributed by atoms with van der Waals surface area (Å²) in [5.74, 6) is 1.61. The second-order valence-electron chi connectivity index (χ2n) is 8.08. The Morgan fingerprint density at radius 1 is 1.11 bits per heavy atom. The fourth-order valence-electron chi connectivity index (χ4n) is 3.18. The molecule has 138 valence electrons. The Bertz CT molecular complexity index is 994. The molecule has 0 atom stereocenters. The second-order valence-corrected chi connectivity index (χ2v) is 8.08. The molecule has 0 amide bonds. The van der Waals surface area contributed by atoms with E-state index in [1.54, 1.807) is 6.33 Å². The molecule has 5 nitrogen and oxygen atoms in total. The molecule has 4 rings (SSSR count). The van der Waals surface area contributed by atoms with Crippen LogP contribution in [0.2, 0.25) is 0 Å². The molecule has 2 aromatic heterocycles. The predicted octanol–water partition coefficient (Wildman–Crippen LogP) is 5.04. The highest BCUT2D eigenvalue weighted by atomic mass is 16.5. The average Bonchev–Trinajstić information content (AvgIpc) is 3.27. The fraction of sp³-hybridized carbons (Fsp3) is 0.318. The summed E-state index contributed by atoms with van der Waals surface area (Å²) in [6, 6.07) is 10.2. The van der Waals surface area contributed by atoms with E-state index in [1.807, 2.05) is 6.07 Å². The lowest BCUT2D eigenvalue weighted by atomic mass is 9.86. The van der Waals surface area contributed by atoms with Crippen molar-refractivity contribution in [1.29, 1.82) is 0 Å². The van der Waals surface area contributed by atoms with Crippen LogP contribution in [0.1, 0.15) is 43.4 Å². The van der Waals surface area contributed by atoms with Gasteiger partial charge in [-0.3, -0.25) is 0 Å². The van der Waals surface area contributed by atoms with E-state index < -0.39 is 0 Å². The number of allylic oxidation sites excluding steroid dienone is 1. The molecule has 27 heavy (non-hydrogen) atoms. The van der Waals surface area contributed by atoms with Gasteiger partial charge in [-0.2, -0.15) is 0 Å². The molecule has 1 N–H and O–H groups in total. The normalized spacial score (nSPS) is 13.4. The molecule has 2 heterocycles. The molecule has 0 saturated heterocycles. The lowest BCUT2D eigenvalue weighted by molar-refractivity contribution is 0.390. The van der Waals surface area contributed by atoms with Gasteiger partial charge < -0.3 is 9.84 Å². The number of nitrogens with one attached hydrogen (secondary N) is 1. The first-order valence-electron chi connectivity index (χ1n) is 9.21. The van der Waals surface area contributed by atoms with Crippen molar-refractivity contribution in [3.05, 3.63) is 64.8 Å². The van der Waals surface area contributed by atoms with Crippen LogP contribution in [0, 0.1) is 12.3 Å². The number of benzene rings is 1. The molecule has 0 bridgehead atoms. The van der Waals surface area contributed by atoms with Crippen molar-refractivity contribution in [3.8, 4) is 11.3 Å². The third-order valence-corrected chi connectivity index (χ3v) is 4.94. The van der Waals surface area contributed by atoms with Gasteiger partial charge >= 0.3 is 0 Å². The van der Waals surface area contributed by atoms with E-state index in [2.05, 4.69) is 78.5 Å². The molecule has 1 aliphatic rings. The summed E-state index contributed by atoms with van der Waals surface area (Å²) in [6.07, 6.45) is 4.73. The smallest absolute Gasteiger partial charge is 0.156 e. The van der Waals surface area contributed by atoms with E-state index in [0.717, 1.165) is 40.5 Å². The van der Waals surface area contributed by atoms with Gasteiger partial charge in [-0.05, 0) is 18.4 Å². The van der Waals surface area contributed by atoms with Gasteiger partial charge in [0.25, 0.3) is 0 Å². The Balaban J connectivity index is 1.50. The Morgan fingerprint density at radius 3 is 2.63 bits per heavy atom. The van der Waals surface area contributed by atoms with Crippen molar-refractivity contribution in [2.45, 2.75) is 40.7 Å². The third-order valence-electron chi connectivity index (χ3n) is 4.94. The minimum atomic E-state index is 0.131. The van der Waals surface area contributed by atoms with E-state index in [1.165, 1.54) is 11.1 Å². The molecule has 3 aromatic rings. The van der Waals surface area contributed by atoms with Crippen molar-refractivity contribution in [2.24, 2.45) is 5.41 Å². The third kappa shape index (κ3) is 3.63. The summed E-state index contributed by atoms with van der Waals surface area (Å²) in [5, 5.41) is 7.56. The van der Waals surface area contributed by atoms with Crippen LogP contribution in [0.15, 0.2) is 46.8 Å². The molecule has 5 heteroatoms. The summed E-state index contributed by atoms with van der Waals surface area (Å²) in [4.78, 5) is 8.88. The number of fused-ring (bicyclic) bond motifs is 1. The summed E-state index contributed by atoms with van der Waals surface area (Å²) in [6.45, 7) is 9.29. The lowest BCUT2D eigenvalue weighted by Gasteiger charge is -2.19. The topological polar surface area (TPSA) is 63.8 Å². The van der Waals surface area contributed by atoms with Crippen LogP contribution in [-0.2, 0) is 13.0 Å². The standard InChI is InChI=1S/C22H24N4O/c1-14-5-7-15(8-6-14)19-11-17(27-26-19)12-23-21-18-9-16(22(2,3)4)10-20(18)24-13-25-21/h5-9,11,13H,10,12H2,1-4H3,(H,23,24,25). The highest BCUT2D eigenvalue weighted by Gasteiger charge is 2.25. The van der Waals surface area contributed by atoms with Crippen LogP contribution in [0.3, 0.4) is 0 Å². The summed E-state index contributed by atoms with van der Waals surface area (Å²) in [7, 11) is 0. The van der Waals surface area contributed by atoms with Crippen molar-refractivity contribution in [1.82, 2.24) is 15.1 Å². The number of aryl methyl sites for hydroxylation is 1. The summed E-state index contributed by atoms with van der Waals surface area (Å²) >= 11 is 0. The first kappa shape index (κ1) is 17.5. The predicted molar refractivity (Wildman–Crippen MR) is 107 cm³/mol. The summed E-state index contributed by atoms with van der Waals surface area (Å²) in [5.41, 5.74) is 6.79. The number of hydrogen-bond acceptors (Lipinski definition) is 5. The van der Waals surface area contributed by atoms with Crippen molar-refractivity contribution in [2.75, 3.05) is 5.32 Å². The number of aromatic nitrogens is 3. The zero-order chi connectivity index (χ0) is 19.0. The van der Waals surface area contributed by atoms with Gasteiger partial charge in [0, 0.05) is 23.6 Å². The van der Waals surface area contributed by atoms with Crippen LogP contribution >= 0.6 is 0 Å². The monoisotopic (exact) mass is 360 g/mol. The largest absolute Gasteiger partial charge is 0.362 e. The van der Waals surface area contributed by atoms with Gasteiger partial charge in [0.05, 0.1) is 12.2 Å². The van der Waals surface area contributed by atoms with Gasteiger partial charge in [-0.15, -0.1) is 0 Å². The van der Waals surface area contributed by atoms with Gasteiger partial charge in [0.15, 0.2) is 5.76 Å². The van der Waals surface area contributed by atoms with Crippen LogP contribution in [0.25, 0.3) is 17.3 Å². The van der Waals surface area contributed by atoms with Gasteiger partial charge in [0.1, 0.15) is 17.8 Å². The molecular weight excluding hydrogens is 336 g/mol. The molecule has 0 aliphatic heterocycles. The van der Waals surface area contributed by atoms with Crippen molar-refractivity contribution in [3.63, 3.8) is 0 Å². The van der Waals surface area contributed by atoms with Crippen molar-refractivity contribution >= 4 is 11.9 Å². The zero-order valence-corrected chi connectivity index (χ0v) is 16.2. The van der Waals surface area contributed by atoms with Crippen LogP contribution in [0.5, 0.6) is 0 Å². The van der Waals surface area contributed by atoms with E-state index >= 15 is 0 Å². The number of hydrogen-bond donors (Lipinski definition) is 1. The quantitative estimate of drug-likeness (QED) is 0.706. The molecule has 0 radical (unpaired) electrons. The molecule has 0 fully saturated rings. The van der Waals surface area contributed by atoms with Gasteiger partial charge in [0.2, 0.25) is 0 Å². The lowest BCUT2D eigenvalue weighted by Crippen LogP contribution is -2.09. The minimum absolute atomic E-state index is 0.131. The van der Waals surface area contributed by atoms with Gasteiger partial charge in [-0.25, -0.2) is 9.97 Å². The first-order valence-corrected chi connectivity index (χ1v) is 9.21. The molecule has 1 aromatic carbocycles. The first-order chi connectivity index (χ1) is 12.9. The molecule has 0 spiro atoms. The Morgan fingerprint density at radius 2 is 1.89 bits per heavy atom. The van der Waals surface area contributed by atoms with Crippen LogP contribution in [0.4, 0.5) is 5.82 Å². The SMILES string of the molecule is Cc1ccc(-c2cc(CNc3ncnc4c3C=C(C(C)(C)C)C4)on2)cc1. The van der Waals surface area contributed by atoms with E-state index in [0.29, 0.717) is 6.54 Å². The van der Waals surface area contributed by atoms with Crippen LogP contribution in [-0.4, -0.2) is 15.1 Å². The molecule has 0 saturated carbocycles. The second kappa shape index (κ2) is 6.65. The fourth-order valence-corrected chi connectivity index (χ4v) is 3.18. The Hall–Kier alpha value is -2.95. The van der Waals surface area contributed by atoms with E-state index in [9.17, 15) is 0 Å². The van der Waals surface area contributed by atoms with Crippen molar-refractivity contribution < 1.29 is 4.52 Å². The maximum Gasteiger partial charge on any atom is 0.156 e. The highest BCUT2D eigenvalue weighted by molar-refractivity contribution is 5.72. The average molecular weight is 360 g/mol. The van der Waals surface area contributed by atoms with Gasteiger partial charge in [-0.1, -0.05) is 61.3 Å². The maximum absolute atomic E-state index is 5.49. The highest BCUT2D eigenvalue weighted by Crippen LogP contribution is 2.37. The Kier molecular flexibility index (Phi) is 4.30. The minimum Gasteiger partial charge on any atom is -0.362 e. The molecular formula is C22H24N4O. The van der Waals surface area contributed by atoms with E-state index in [4.69, 9.17) is 4.52 Å². The summed E-state index contributed by atoms with van der Waals surface area (Å²) < 4.78 is 5.49. The molecule has 0 unspecified atom stereocenters. The van der Waals surface area contributed by atoms with Crippen LogP contribution < -0.4 is 5.32 Å². The molecule has 1 aliphatic carbocycles. The number of rotatable bonds is 4. The maximum atomic E-state index is 5.49. The number of nitrogens with zero attached hydrogens (tertiary/aromatic N) is 3. The number of anilines is 1. The zero-order valence-electron chi connectivity index (χ0n) is 16.2.